The topological polar surface area (TPSA) is 52.6 Å². The molecule has 0 amide bonds. The van der Waals surface area contributed by atoms with Crippen LogP contribution in [0.1, 0.15) is 57.4 Å². The van der Waals surface area contributed by atoms with Crippen LogP contribution in [0.4, 0.5) is 0 Å². The van der Waals surface area contributed by atoms with Crippen molar-refractivity contribution >= 4 is 23.5 Å². The maximum absolute atomic E-state index is 11.8. The number of halogens is 1. The first kappa shape index (κ1) is 19.5. The Balaban J connectivity index is 2.17. The molecule has 1 aromatic rings. The van der Waals surface area contributed by atoms with Gasteiger partial charge in [0.2, 0.25) is 0 Å². The predicted molar refractivity (Wildman–Crippen MR) is 90.8 cm³/mol. The van der Waals surface area contributed by atoms with E-state index in [0.29, 0.717) is 23.8 Å². The van der Waals surface area contributed by atoms with Crippen molar-refractivity contribution in [2.24, 2.45) is 0 Å². The van der Waals surface area contributed by atoms with Crippen molar-refractivity contribution in [3.8, 4) is 5.75 Å². The molecule has 0 fully saturated rings. The van der Waals surface area contributed by atoms with Crippen molar-refractivity contribution in [1.82, 2.24) is 0 Å². The molecule has 0 aliphatic carbocycles. The van der Waals surface area contributed by atoms with Crippen molar-refractivity contribution in [1.29, 1.82) is 0 Å². The van der Waals surface area contributed by atoms with Crippen LogP contribution in [0.3, 0.4) is 0 Å². The van der Waals surface area contributed by atoms with Gasteiger partial charge in [-0.15, -0.1) is 0 Å². The molecule has 0 unspecified atom stereocenters. The molecule has 0 aliphatic heterocycles. The van der Waals surface area contributed by atoms with Crippen LogP contribution in [0.2, 0.25) is 5.02 Å². The van der Waals surface area contributed by atoms with E-state index in [1.54, 1.807) is 18.2 Å². The zero-order chi connectivity index (χ0) is 17.1. The van der Waals surface area contributed by atoms with E-state index in [-0.39, 0.29) is 24.8 Å². The Bertz CT molecular complexity index is 514. The number of ether oxygens (including phenoxy) is 2. The van der Waals surface area contributed by atoms with E-state index in [1.165, 1.54) is 0 Å². The van der Waals surface area contributed by atoms with E-state index < -0.39 is 0 Å². The third-order valence-electron chi connectivity index (χ3n) is 3.38. The Morgan fingerprint density at radius 3 is 2.48 bits per heavy atom. The maximum Gasteiger partial charge on any atom is 0.311 e. The summed E-state index contributed by atoms with van der Waals surface area (Å²) in [6, 6.07) is 5.08. The maximum atomic E-state index is 11.8. The second-order valence-corrected chi connectivity index (χ2v) is 5.96. The molecule has 4 nitrogen and oxygen atoms in total. The van der Waals surface area contributed by atoms with Crippen LogP contribution in [0.25, 0.3) is 0 Å². The third kappa shape index (κ3) is 8.60. The lowest BCUT2D eigenvalue weighted by atomic mass is 10.2. The van der Waals surface area contributed by atoms with Crippen molar-refractivity contribution < 1.29 is 19.1 Å². The first-order chi connectivity index (χ1) is 11.0. The van der Waals surface area contributed by atoms with Gasteiger partial charge in [-0.3, -0.25) is 9.59 Å². The molecule has 0 N–H and O–H groups in total. The summed E-state index contributed by atoms with van der Waals surface area (Å²) in [5.74, 6) is -0.110. The van der Waals surface area contributed by atoms with E-state index in [9.17, 15) is 9.59 Å². The van der Waals surface area contributed by atoms with E-state index in [4.69, 9.17) is 21.1 Å². The normalized spacial score (nSPS) is 10.4. The molecular formula is C18H25ClO4. The Labute approximate surface area is 143 Å². The van der Waals surface area contributed by atoms with E-state index in [0.717, 1.165) is 31.2 Å². The molecule has 0 aliphatic rings. The van der Waals surface area contributed by atoms with Gasteiger partial charge in [-0.05, 0) is 43.5 Å². The Morgan fingerprint density at radius 1 is 1.04 bits per heavy atom. The molecule has 128 valence electrons. The molecule has 5 heteroatoms. The highest BCUT2D eigenvalue weighted by atomic mass is 35.5. The van der Waals surface area contributed by atoms with Gasteiger partial charge in [0.1, 0.15) is 5.75 Å². The number of unbranched alkanes of at least 4 members (excludes halogenated alkanes) is 3. The number of carbonyl (C=O) groups is 2. The summed E-state index contributed by atoms with van der Waals surface area (Å²) in [7, 11) is 0. The molecule has 0 radical (unpaired) electrons. The minimum absolute atomic E-state index is 0.188. The molecule has 0 saturated heterocycles. The Hall–Kier alpha value is -1.55. The highest BCUT2D eigenvalue weighted by molar-refractivity contribution is 6.30. The van der Waals surface area contributed by atoms with Crippen LogP contribution in [-0.4, -0.2) is 18.5 Å². The van der Waals surface area contributed by atoms with E-state index in [1.807, 2.05) is 6.92 Å². The number of benzene rings is 1. The van der Waals surface area contributed by atoms with E-state index >= 15 is 0 Å². The van der Waals surface area contributed by atoms with Gasteiger partial charge < -0.3 is 9.47 Å². The monoisotopic (exact) mass is 340 g/mol. The number of hydrogen-bond acceptors (Lipinski definition) is 4. The molecule has 0 heterocycles. The molecule has 0 atom stereocenters. The zero-order valence-electron chi connectivity index (χ0n) is 13.9. The number of esters is 2. The summed E-state index contributed by atoms with van der Waals surface area (Å²) < 4.78 is 10.4. The Morgan fingerprint density at radius 2 is 1.78 bits per heavy atom. The molecule has 1 aromatic carbocycles. The van der Waals surface area contributed by atoms with Gasteiger partial charge >= 0.3 is 11.9 Å². The molecular weight excluding hydrogens is 316 g/mol. The summed E-state index contributed by atoms with van der Waals surface area (Å²) in [5.41, 5.74) is 0.803. The molecule has 0 saturated carbocycles. The lowest BCUT2D eigenvalue weighted by Crippen LogP contribution is -2.11. The van der Waals surface area contributed by atoms with Crippen LogP contribution in [0.15, 0.2) is 18.2 Å². The van der Waals surface area contributed by atoms with Crippen LogP contribution in [-0.2, 0) is 14.3 Å². The molecule has 1 rings (SSSR count). The van der Waals surface area contributed by atoms with Gasteiger partial charge in [0.15, 0.2) is 0 Å². The summed E-state index contributed by atoms with van der Waals surface area (Å²) >= 11 is 5.85. The predicted octanol–water partition coefficient (Wildman–Crippen LogP) is 4.85. The summed E-state index contributed by atoms with van der Waals surface area (Å²) in [6.07, 6.45) is 5.15. The van der Waals surface area contributed by atoms with Gasteiger partial charge in [0.05, 0.1) is 6.61 Å². The number of rotatable bonds is 10. The first-order valence-electron chi connectivity index (χ1n) is 8.15. The number of aryl methyl sites for hydroxylation is 1. The smallest absolute Gasteiger partial charge is 0.311 e. The van der Waals surface area contributed by atoms with Gasteiger partial charge in [0.25, 0.3) is 0 Å². The second-order valence-electron chi connectivity index (χ2n) is 5.52. The third-order valence-corrected chi connectivity index (χ3v) is 3.62. The minimum Gasteiger partial charge on any atom is -0.466 e. The summed E-state index contributed by atoms with van der Waals surface area (Å²) in [5, 5.41) is 0.601. The minimum atomic E-state index is -0.355. The molecule has 0 bridgehead atoms. The lowest BCUT2D eigenvalue weighted by Gasteiger charge is -2.08. The van der Waals surface area contributed by atoms with Gasteiger partial charge in [-0.1, -0.05) is 37.8 Å². The van der Waals surface area contributed by atoms with Crippen molar-refractivity contribution in [2.45, 2.75) is 58.8 Å². The van der Waals surface area contributed by atoms with Crippen LogP contribution in [0, 0.1) is 6.92 Å². The molecule has 0 spiro atoms. The van der Waals surface area contributed by atoms with Crippen molar-refractivity contribution in [3.05, 3.63) is 28.8 Å². The quantitative estimate of drug-likeness (QED) is 0.347. The zero-order valence-corrected chi connectivity index (χ0v) is 14.7. The fraction of sp³-hybridized carbons (Fsp3) is 0.556. The fourth-order valence-corrected chi connectivity index (χ4v) is 2.29. The SMILES string of the molecule is CCCCCCOC(=O)CCCC(=O)Oc1ccc(Cl)cc1C. The van der Waals surface area contributed by atoms with Crippen LogP contribution >= 0.6 is 11.6 Å². The number of carbonyl (C=O) groups excluding carboxylic acids is 2. The standard InChI is InChI=1S/C18H25ClO4/c1-3-4-5-6-12-22-17(20)8-7-9-18(21)23-16-11-10-15(19)13-14(16)2/h10-11,13H,3-9,12H2,1-2H3. The summed E-state index contributed by atoms with van der Waals surface area (Å²) in [4.78, 5) is 23.3. The lowest BCUT2D eigenvalue weighted by molar-refractivity contribution is -0.144. The van der Waals surface area contributed by atoms with E-state index in [2.05, 4.69) is 6.92 Å². The number of hydrogen-bond donors (Lipinski definition) is 0. The van der Waals surface area contributed by atoms with Crippen LogP contribution in [0.5, 0.6) is 5.75 Å². The summed E-state index contributed by atoms with van der Waals surface area (Å²) in [6.45, 7) is 4.42. The highest BCUT2D eigenvalue weighted by Gasteiger charge is 2.10. The second kappa shape index (κ2) is 11.1. The fourth-order valence-electron chi connectivity index (χ4n) is 2.07. The van der Waals surface area contributed by atoms with Gasteiger partial charge in [0, 0.05) is 17.9 Å². The van der Waals surface area contributed by atoms with Gasteiger partial charge in [-0.25, -0.2) is 0 Å². The average Bonchev–Trinajstić information content (AvgIpc) is 2.50. The molecule has 0 aromatic heterocycles. The highest BCUT2D eigenvalue weighted by Crippen LogP contribution is 2.22. The first-order valence-corrected chi connectivity index (χ1v) is 8.53. The molecule has 23 heavy (non-hydrogen) atoms. The average molecular weight is 341 g/mol. The van der Waals surface area contributed by atoms with Crippen molar-refractivity contribution in [2.75, 3.05) is 6.61 Å². The van der Waals surface area contributed by atoms with Crippen LogP contribution < -0.4 is 4.74 Å². The largest absolute Gasteiger partial charge is 0.466 e. The van der Waals surface area contributed by atoms with Crippen molar-refractivity contribution in [3.63, 3.8) is 0 Å². The van der Waals surface area contributed by atoms with Gasteiger partial charge in [-0.2, -0.15) is 0 Å². The Kier molecular flexibility index (Phi) is 9.37.